The molecular formula is C24H27N3O7S. The highest BCUT2D eigenvalue weighted by molar-refractivity contribution is 7.99. The van der Waals surface area contributed by atoms with Gasteiger partial charge in [-0.1, -0.05) is 32.0 Å². The first-order chi connectivity index (χ1) is 16.7. The molecule has 186 valence electrons. The zero-order chi connectivity index (χ0) is 25.9. The number of carboxylic acid groups (broad SMARTS) is 1. The van der Waals surface area contributed by atoms with Gasteiger partial charge in [-0.15, -0.1) is 11.8 Å². The van der Waals surface area contributed by atoms with Crippen LogP contribution >= 0.6 is 11.8 Å². The van der Waals surface area contributed by atoms with E-state index < -0.39 is 29.7 Å². The number of carbonyl (C=O) groups excluding carboxylic acids is 1. The number of rotatable bonds is 9. The van der Waals surface area contributed by atoms with Gasteiger partial charge in [0.2, 0.25) is 0 Å². The van der Waals surface area contributed by atoms with Crippen molar-refractivity contribution in [1.29, 1.82) is 0 Å². The molecule has 0 atom stereocenters. The number of carboxylic acids is 1. The highest BCUT2D eigenvalue weighted by Crippen LogP contribution is 2.33. The summed E-state index contributed by atoms with van der Waals surface area (Å²) in [5, 5.41) is 9.37. The summed E-state index contributed by atoms with van der Waals surface area (Å²) >= 11 is 1.14. The Hall–Kier alpha value is -3.60. The van der Waals surface area contributed by atoms with Crippen LogP contribution in [0.2, 0.25) is 0 Å². The van der Waals surface area contributed by atoms with Crippen LogP contribution in [0.3, 0.4) is 0 Å². The van der Waals surface area contributed by atoms with E-state index in [1.807, 2.05) is 13.8 Å². The van der Waals surface area contributed by atoms with Gasteiger partial charge in [-0.2, -0.15) is 0 Å². The first-order valence-electron chi connectivity index (χ1n) is 10.9. The van der Waals surface area contributed by atoms with E-state index in [4.69, 9.17) is 9.47 Å². The summed E-state index contributed by atoms with van der Waals surface area (Å²) in [6.07, 6.45) is 1.69. The van der Waals surface area contributed by atoms with Crippen molar-refractivity contribution in [3.05, 3.63) is 61.9 Å². The third-order valence-corrected chi connectivity index (χ3v) is 6.20. The number of pyridine rings is 1. The molecule has 2 heterocycles. The molecular weight excluding hydrogens is 474 g/mol. The van der Waals surface area contributed by atoms with Crippen LogP contribution in [0.4, 0.5) is 0 Å². The molecule has 3 aromatic rings. The number of hydrogen-bond donors (Lipinski definition) is 1. The van der Waals surface area contributed by atoms with Crippen LogP contribution in [0.25, 0.3) is 11.0 Å². The highest BCUT2D eigenvalue weighted by atomic mass is 32.2. The predicted molar refractivity (Wildman–Crippen MR) is 132 cm³/mol. The molecule has 0 aliphatic rings. The average Bonchev–Trinajstić information content (AvgIpc) is 2.83. The van der Waals surface area contributed by atoms with Gasteiger partial charge in [-0.05, 0) is 25.2 Å². The topological polar surface area (TPSA) is 130 Å². The van der Waals surface area contributed by atoms with Crippen molar-refractivity contribution in [3.63, 3.8) is 0 Å². The lowest BCUT2D eigenvalue weighted by atomic mass is 10.0. The lowest BCUT2D eigenvalue weighted by molar-refractivity contribution is -0.137. The van der Waals surface area contributed by atoms with Gasteiger partial charge in [0.25, 0.3) is 5.56 Å². The molecule has 1 N–H and O–H groups in total. The second kappa shape index (κ2) is 10.8. The van der Waals surface area contributed by atoms with Gasteiger partial charge >= 0.3 is 17.6 Å². The molecule has 0 radical (unpaired) electrons. The number of carbonyl (C=O) groups is 2. The third-order valence-electron chi connectivity index (χ3n) is 5.38. The van der Waals surface area contributed by atoms with Crippen LogP contribution in [-0.4, -0.2) is 51.1 Å². The second-order valence-electron chi connectivity index (χ2n) is 7.94. The van der Waals surface area contributed by atoms with E-state index in [9.17, 15) is 24.3 Å². The normalized spacial score (nSPS) is 11.1. The summed E-state index contributed by atoms with van der Waals surface area (Å²) in [6, 6.07) is 7.04. The van der Waals surface area contributed by atoms with Crippen molar-refractivity contribution in [3.8, 4) is 5.75 Å². The predicted octanol–water partition coefficient (Wildman–Crippen LogP) is 2.72. The fourth-order valence-electron chi connectivity index (χ4n) is 3.86. The summed E-state index contributed by atoms with van der Waals surface area (Å²) in [6.45, 7) is 4.61. The van der Waals surface area contributed by atoms with Crippen LogP contribution < -0.4 is 16.0 Å². The minimum absolute atomic E-state index is 0.0132. The zero-order valence-electron chi connectivity index (χ0n) is 20.2. The number of fused-ring (bicyclic) bond motifs is 1. The van der Waals surface area contributed by atoms with E-state index in [0.29, 0.717) is 21.6 Å². The number of aromatic nitrogens is 3. The number of aliphatic carboxylic acids is 1. The van der Waals surface area contributed by atoms with E-state index in [1.165, 1.54) is 11.7 Å². The molecule has 0 bridgehead atoms. The Balaban J connectivity index is 2.53. The molecule has 0 aliphatic heterocycles. The lowest BCUT2D eigenvalue weighted by Gasteiger charge is -2.20. The molecule has 35 heavy (non-hydrogen) atoms. The minimum atomic E-state index is -1.35. The van der Waals surface area contributed by atoms with Crippen molar-refractivity contribution in [1.82, 2.24) is 14.1 Å². The number of hydrogen-bond acceptors (Lipinski definition) is 8. The number of ether oxygens (including phenoxy) is 2. The monoisotopic (exact) mass is 501 g/mol. The van der Waals surface area contributed by atoms with Gasteiger partial charge in [-0.3, -0.25) is 14.2 Å². The summed E-state index contributed by atoms with van der Waals surface area (Å²) in [5.41, 5.74) is -0.442. The number of esters is 1. The number of benzene rings is 1. The summed E-state index contributed by atoms with van der Waals surface area (Å²) in [5.74, 6) is -1.71. The summed E-state index contributed by atoms with van der Waals surface area (Å²) in [7, 11) is 1.50. The molecule has 2 aromatic heterocycles. The number of para-hydroxylation sites is 1. The third kappa shape index (κ3) is 4.95. The Morgan fingerprint density at radius 1 is 1.17 bits per heavy atom. The van der Waals surface area contributed by atoms with Gasteiger partial charge < -0.3 is 14.6 Å². The number of nitrogens with zero attached hydrogens (tertiary/aromatic N) is 3. The molecule has 0 fully saturated rings. The fourth-order valence-corrected chi connectivity index (χ4v) is 4.63. The molecule has 3 rings (SSSR count). The van der Waals surface area contributed by atoms with Gasteiger partial charge in [0.1, 0.15) is 12.3 Å². The van der Waals surface area contributed by atoms with Crippen LogP contribution in [0, 0.1) is 0 Å². The van der Waals surface area contributed by atoms with Crippen molar-refractivity contribution in [2.24, 2.45) is 0 Å². The number of methoxy groups -OCH3 is 1. The first kappa shape index (κ1) is 26.0. The molecule has 0 aliphatic carbocycles. The molecule has 0 saturated carbocycles. The van der Waals surface area contributed by atoms with Crippen LogP contribution in [-0.2, 0) is 22.6 Å². The fraction of sp³-hybridized carbons (Fsp3) is 0.375. The van der Waals surface area contributed by atoms with E-state index in [1.54, 1.807) is 37.4 Å². The Bertz CT molecular complexity index is 1410. The molecule has 0 spiro atoms. The second-order valence-corrected chi connectivity index (χ2v) is 8.76. The van der Waals surface area contributed by atoms with Crippen LogP contribution in [0.5, 0.6) is 5.75 Å². The smallest absolute Gasteiger partial charge is 0.341 e. The largest absolute Gasteiger partial charge is 0.496 e. The Morgan fingerprint density at radius 3 is 2.43 bits per heavy atom. The quantitative estimate of drug-likeness (QED) is 0.347. The van der Waals surface area contributed by atoms with Crippen molar-refractivity contribution < 1.29 is 24.2 Å². The van der Waals surface area contributed by atoms with Crippen molar-refractivity contribution in [2.75, 3.05) is 20.0 Å². The molecule has 1 aromatic carbocycles. The van der Waals surface area contributed by atoms with E-state index in [2.05, 4.69) is 4.98 Å². The van der Waals surface area contributed by atoms with Gasteiger partial charge in [0.05, 0.1) is 36.9 Å². The van der Waals surface area contributed by atoms with Gasteiger partial charge in [-0.25, -0.2) is 19.1 Å². The van der Waals surface area contributed by atoms with E-state index in [0.717, 1.165) is 11.8 Å². The van der Waals surface area contributed by atoms with Crippen molar-refractivity contribution in [2.45, 2.75) is 44.7 Å². The maximum atomic E-state index is 13.5. The van der Waals surface area contributed by atoms with Crippen LogP contribution in [0.15, 0.2) is 38.8 Å². The molecule has 11 heteroatoms. The van der Waals surface area contributed by atoms with Gasteiger partial charge in [0.15, 0.2) is 5.65 Å². The first-order valence-corrected chi connectivity index (χ1v) is 12.1. The maximum absolute atomic E-state index is 13.5. The molecule has 0 amide bonds. The van der Waals surface area contributed by atoms with Gasteiger partial charge in [0, 0.05) is 10.5 Å². The van der Waals surface area contributed by atoms with Crippen LogP contribution in [0.1, 0.15) is 48.3 Å². The average molecular weight is 502 g/mol. The standard InChI is InChI=1S/C24H27N3O7S/c1-6-34-23(31)17-19(13(2)3)25-21-18(20(17)35-5)22(30)27(12-16(28)29)24(32)26(21)11-14-9-7-8-10-15(14)33-4/h7-10,13H,6,11-12H2,1-5H3,(H,28,29). The Labute approximate surface area is 205 Å². The lowest BCUT2D eigenvalue weighted by Crippen LogP contribution is -2.42. The minimum Gasteiger partial charge on any atom is -0.496 e. The van der Waals surface area contributed by atoms with Crippen molar-refractivity contribution >= 4 is 34.7 Å². The highest BCUT2D eigenvalue weighted by Gasteiger charge is 2.28. The Morgan fingerprint density at radius 2 is 1.86 bits per heavy atom. The number of thioether (sulfide) groups is 1. The molecule has 0 saturated heterocycles. The van der Waals surface area contributed by atoms with E-state index in [-0.39, 0.29) is 40.6 Å². The SMILES string of the molecule is CCOC(=O)c1c(C(C)C)nc2c(c1SC)c(=O)n(CC(=O)O)c(=O)n2Cc1ccccc1OC. The summed E-state index contributed by atoms with van der Waals surface area (Å²) in [4.78, 5) is 56.3. The summed E-state index contributed by atoms with van der Waals surface area (Å²) < 4.78 is 12.5. The Kier molecular flexibility index (Phi) is 8.00. The molecule has 10 nitrogen and oxygen atoms in total. The maximum Gasteiger partial charge on any atom is 0.341 e. The molecule has 0 unspecified atom stereocenters. The zero-order valence-corrected chi connectivity index (χ0v) is 21.0. The van der Waals surface area contributed by atoms with E-state index >= 15 is 0 Å².